The Morgan fingerprint density at radius 1 is 1.39 bits per heavy atom. The fourth-order valence-corrected chi connectivity index (χ4v) is 3.46. The van der Waals surface area contributed by atoms with E-state index in [2.05, 4.69) is 21.0 Å². The number of nitro benzene ring substituents is 1. The van der Waals surface area contributed by atoms with Crippen LogP contribution in [0.25, 0.3) is 0 Å². The Kier molecular flexibility index (Phi) is 6.72. The lowest BCUT2D eigenvalue weighted by Gasteiger charge is -2.15. The largest absolute Gasteiger partial charge is 0.367 e. The van der Waals surface area contributed by atoms with Crippen molar-refractivity contribution in [3.63, 3.8) is 0 Å². The minimum absolute atomic E-state index is 0.0514. The van der Waals surface area contributed by atoms with Crippen molar-refractivity contribution in [2.24, 2.45) is 10.8 Å². The lowest BCUT2D eigenvalue weighted by Crippen LogP contribution is -2.34. The molecule has 0 unspecified atom stereocenters. The first-order valence-corrected chi connectivity index (χ1v) is 9.92. The van der Waals surface area contributed by atoms with Crippen LogP contribution in [-0.4, -0.2) is 30.7 Å². The van der Waals surface area contributed by atoms with Crippen molar-refractivity contribution in [3.05, 3.63) is 67.1 Å². The molecule has 28 heavy (non-hydrogen) atoms. The molecule has 0 aliphatic carbocycles. The van der Waals surface area contributed by atoms with Crippen LogP contribution in [0.4, 0.5) is 5.69 Å². The zero-order valence-corrected chi connectivity index (χ0v) is 17.3. The average molecular weight is 491 g/mol. The van der Waals surface area contributed by atoms with Gasteiger partial charge in [0.05, 0.1) is 16.0 Å². The second kappa shape index (κ2) is 8.65. The smallest absolute Gasteiger partial charge is 0.319 e. The molecule has 0 fully saturated rings. The summed E-state index contributed by atoms with van der Waals surface area (Å²) >= 11 is 8.90. The van der Waals surface area contributed by atoms with Crippen LogP contribution in [0.1, 0.15) is 11.1 Å². The monoisotopic (exact) mass is 489 g/mol. The normalized spacial score (nSPS) is 11.5. The number of nitrogens with one attached hydrogen (secondary N) is 1. The lowest BCUT2D eigenvalue weighted by molar-refractivity contribution is -0.385. The standard InChI is InChI=1S/C15H13BrClN5O5S/c1-9-2-4-12(5-3-9)28(25,26)27-21(15(18)19)20-8-10-6-11(17)7-13(14(10)16)22(23)24/h2-8H,1H3,(H3,18,19). The molecule has 0 atom stereocenters. The summed E-state index contributed by atoms with van der Waals surface area (Å²) in [6.45, 7) is 1.78. The maximum absolute atomic E-state index is 12.3. The van der Waals surface area contributed by atoms with E-state index in [4.69, 9.17) is 27.0 Å². The predicted molar refractivity (Wildman–Crippen MR) is 107 cm³/mol. The highest BCUT2D eigenvalue weighted by molar-refractivity contribution is 9.10. The van der Waals surface area contributed by atoms with Gasteiger partial charge in [0.25, 0.3) is 5.69 Å². The molecule has 0 radical (unpaired) electrons. The Morgan fingerprint density at radius 3 is 2.54 bits per heavy atom. The number of nitrogens with zero attached hydrogens (tertiary/aromatic N) is 3. The minimum atomic E-state index is -4.32. The number of hydrogen-bond acceptors (Lipinski definition) is 7. The van der Waals surface area contributed by atoms with Crippen molar-refractivity contribution in [2.75, 3.05) is 0 Å². The summed E-state index contributed by atoms with van der Waals surface area (Å²) < 4.78 is 29.5. The van der Waals surface area contributed by atoms with Crippen molar-refractivity contribution in [3.8, 4) is 0 Å². The summed E-state index contributed by atoms with van der Waals surface area (Å²) in [5, 5.41) is 22.5. The third-order valence-corrected chi connectivity index (χ3v) is 5.50. The molecule has 0 bridgehead atoms. The summed E-state index contributed by atoms with van der Waals surface area (Å²) in [7, 11) is -4.32. The fourth-order valence-electron chi connectivity index (χ4n) is 1.90. The number of benzene rings is 2. The van der Waals surface area contributed by atoms with E-state index < -0.39 is 21.0 Å². The van der Waals surface area contributed by atoms with Crippen LogP contribution < -0.4 is 5.73 Å². The van der Waals surface area contributed by atoms with Crippen molar-refractivity contribution in [1.82, 2.24) is 5.17 Å². The SMILES string of the molecule is Cc1ccc(S(=O)(=O)ON(N=Cc2cc(Cl)cc([N+](=O)[O-])c2Br)C(=N)N)cc1. The van der Waals surface area contributed by atoms with Crippen LogP contribution in [0.3, 0.4) is 0 Å². The molecule has 2 aromatic rings. The zero-order chi connectivity index (χ0) is 21.1. The first-order chi connectivity index (χ1) is 13.0. The van der Waals surface area contributed by atoms with E-state index in [9.17, 15) is 18.5 Å². The van der Waals surface area contributed by atoms with Gasteiger partial charge in [-0.15, -0.1) is 9.39 Å². The van der Waals surface area contributed by atoms with E-state index in [1.54, 1.807) is 19.1 Å². The third kappa shape index (κ3) is 5.25. The maximum atomic E-state index is 12.3. The van der Waals surface area contributed by atoms with E-state index in [0.717, 1.165) is 17.8 Å². The molecule has 3 N–H and O–H groups in total. The van der Waals surface area contributed by atoms with Gasteiger partial charge in [-0.2, -0.15) is 8.42 Å². The number of hydrazone groups is 1. The Bertz CT molecular complexity index is 1060. The fraction of sp³-hybridized carbons (Fsp3) is 0.0667. The van der Waals surface area contributed by atoms with Gasteiger partial charge in [-0.1, -0.05) is 34.5 Å². The van der Waals surface area contributed by atoms with E-state index in [-0.39, 0.29) is 30.8 Å². The highest BCUT2D eigenvalue weighted by Gasteiger charge is 2.22. The van der Waals surface area contributed by atoms with Gasteiger partial charge in [0.2, 0.25) is 5.96 Å². The van der Waals surface area contributed by atoms with Crippen LogP contribution in [0, 0.1) is 22.4 Å². The first kappa shape index (κ1) is 21.8. The molecule has 0 aliphatic heterocycles. The Labute approximate surface area is 173 Å². The molecule has 0 saturated carbocycles. The van der Waals surface area contributed by atoms with Gasteiger partial charge in [-0.3, -0.25) is 15.5 Å². The number of nitro groups is 1. The zero-order valence-electron chi connectivity index (χ0n) is 14.2. The van der Waals surface area contributed by atoms with Crippen molar-refractivity contribution in [2.45, 2.75) is 11.8 Å². The minimum Gasteiger partial charge on any atom is -0.367 e. The summed E-state index contributed by atoms with van der Waals surface area (Å²) in [4.78, 5) is 10.2. The second-order valence-electron chi connectivity index (χ2n) is 5.33. The molecule has 0 spiro atoms. The van der Waals surface area contributed by atoms with E-state index >= 15 is 0 Å². The van der Waals surface area contributed by atoms with Crippen molar-refractivity contribution < 1.29 is 17.6 Å². The van der Waals surface area contributed by atoms with Crippen LogP contribution in [-0.2, 0) is 14.4 Å². The van der Waals surface area contributed by atoms with Crippen LogP contribution in [0.2, 0.25) is 5.02 Å². The topological polar surface area (TPSA) is 152 Å². The molecule has 2 rings (SSSR count). The molecule has 148 valence electrons. The van der Waals surface area contributed by atoms with Crippen molar-refractivity contribution >= 4 is 55.5 Å². The van der Waals surface area contributed by atoms with E-state index in [0.29, 0.717) is 0 Å². The van der Waals surface area contributed by atoms with Gasteiger partial charge in [0, 0.05) is 16.7 Å². The highest BCUT2D eigenvalue weighted by Crippen LogP contribution is 2.31. The summed E-state index contributed by atoms with van der Waals surface area (Å²) in [6.07, 6.45) is 1.01. The van der Waals surface area contributed by atoms with Crippen LogP contribution in [0.5, 0.6) is 0 Å². The molecule has 2 aromatic carbocycles. The quantitative estimate of drug-likeness (QED) is 0.273. The van der Waals surface area contributed by atoms with Crippen LogP contribution in [0.15, 0.2) is 50.9 Å². The lowest BCUT2D eigenvalue weighted by atomic mass is 10.2. The molecule has 0 saturated heterocycles. The molecule has 0 aliphatic rings. The van der Waals surface area contributed by atoms with Gasteiger partial charge < -0.3 is 5.73 Å². The van der Waals surface area contributed by atoms with Gasteiger partial charge in [-0.05, 0) is 41.1 Å². The Balaban J connectivity index is 2.35. The molecule has 13 heteroatoms. The number of aryl methyl sites for hydroxylation is 1. The third-order valence-electron chi connectivity index (χ3n) is 3.23. The molecule has 0 heterocycles. The first-order valence-electron chi connectivity index (χ1n) is 7.34. The number of hydrogen-bond donors (Lipinski definition) is 2. The molecular formula is C15H13BrClN5O5S. The Morgan fingerprint density at radius 2 is 2.00 bits per heavy atom. The number of nitrogens with two attached hydrogens (primary N) is 1. The van der Waals surface area contributed by atoms with Gasteiger partial charge in [-0.25, -0.2) is 0 Å². The number of halogens is 2. The summed E-state index contributed by atoms with van der Waals surface area (Å²) in [6, 6.07) is 8.26. The van der Waals surface area contributed by atoms with Crippen molar-refractivity contribution in [1.29, 1.82) is 5.41 Å². The van der Waals surface area contributed by atoms with E-state index in [1.165, 1.54) is 18.2 Å². The van der Waals surface area contributed by atoms with Crippen LogP contribution >= 0.6 is 27.5 Å². The predicted octanol–water partition coefficient (Wildman–Crippen LogP) is 3.17. The summed E-state index contributed by atoms with van der Waals surface area (Å²) in [5.41, 5.74) is 5.97. The van der Waals surface area contributed by atoms with E-state index in [1.807, 2.05) is 0 Å². The maximum Gasteiger partial charge on any atom is 0.319 e. The number of hydroxylamine groups is 1. The Hall–Kier alpha value is -2.54. The number of guanidine groups is 1. The highest BCUT2D eigenvalue weighted by atomic mass is 79.9. The molecule has 10 nitrogen and oxygen atoms in total. The van der Waals surface area contributed by atoms with Gasteiger partial charge >= 0.3 is 10.1 Å². The van der Waals surface area contributed by atoms with Gasteiger partial charge in [0.15, 0.2) is 0 Å². The molecule has 0 amide bonds. The molecule has 0 aromatic heterocycles. The second-order valence-corrected chi connectivity index (χ2v) is 8.09. The van der Waals surface area contributed by atoms with Gasteiger partial charge in [0.1, 0.15) is 4.47 Å². The number of rotatable bonds is 6. The summed E-state index contributed by atoms with van der Waals surface area (Å²) in [5.74, 6) is -0.834. The molecular weight excluding hydrogens is 478 g/mol. The average Bonchev–Trinajstić information content (AvgIpc) is 2.60.